The Hall–Kier alpha value is -1.37. The number of nitrogens with zero attached hydrogens (tertiary/aromatic N) is 3. The van der Waals surface area contributed by atoms with Crippen molar-refractivity contribution in [2.75, 3.05) is 19.0 Å². The molecular formula is C8H12ClN3O4. The molecule has 0 aromatic carbocycles. The zero-order valence-corrected chi connectivity index (χ0v) is 9.26. The Morgan fingerprint density at radius 2 is 2.25 bits per heavy atom. The molecule has 1 saturated heterocycles. The Balaban J connectivity index is 2.71. The van der Waals surface area contributed by atoms with Crippen LogP contribution in [-0.4, -0.2) is 52.0 Å². The molecule has 16 heavy (non-hydrogen) atoms. The average Bonchev–Trinajstić information content (AvgIpc) is 2.73. The van der Waals surface area contributed by atoms with E-state index in [4.69, 9.17) is 16.7 Å². The molecule has 1 unspecified atom stereocenters. The maximum absolute atomic E-state index is 11.7. The second-order valence-electron chi connectivity index (χ2n) is 3.37. The largest absolute Gasteiger partial charge is 0.480 e. The summed E-state index contributed by atoms with van der Waals surface area (Å²) in [4.78, 5) is 34.1. The third-order valence-electron chi connectivity index (χ3n) is 2.40. The first-order valence-corrected chi connectivity index (χ1v) is 5.35. The van der Waals surface area contributed by atoms with Gasteiger partial charge in [-0.05, 0) is 12.8 Å². The van der Waals surface area contributed by atoms with Crippen molar-refractivity contribution in [3.05, 3.63) is 4.91 Å². The van der Waals surface area contributed by atoms with Gasteiger partial charge in [0.2, 0.25) is 0 Å². The highest BCUT2D eigenvalue weighted by molar-refractivity contribution is 6.18. The molecule has 0 saturated carbocycles. The Kier molecular flexibility index (Phi) is 4.48. The molecule has 1 rings (SSSR count). The molecule has 1 aliphatic heterocycles. The van der Waals surface area contributed by atoms with E-state index in [0.29, 0.717) is 24.4 Å². The minimum absolute atomic E-state index is 0.0211. The van der Waals surface area contributed by atoms with Crippen molar-refractivity contribution in [1.82, 2.24) is 9.91 Å². The van der Waals surface area contributed by atoms with Gasteiger partial charge in [0.1, 0.15) is 6.04 Å². The molecule has 2 amide bonds. The predicted octanol–water partition coefficient (Wildman–Crippen LogP) is 0.878. The molecule has 1 heterocycles. The lowest BCUT2D eigenvalue weighted by atomic mass is 10.2. The summed E-state index contributed by atoms with van der Waals surface area (Å²) in [5.41, 5.74) is 0. The molecule has 0 bridgehead atoms. The number of nitroso groups, excluding NO2 is 1. The van der Waals surface area contributed by atoms with Gasteiger partial charge in [0.25, 0.3) is 0 Å². The van der Waals surface area contributed by atoms with Crippen molar-refractivity contribution in [2.45, 2.75) is 18.9 Å². The molecule has 8 heteroatoms. The Morgan fingerprint density at radius 3 is 2.75 bits per heavy atom. The van der Waals surface area contributed by atoms with E-state index in [-0.39, 0.29) is 12.4 Å². The van der Waals surface area contributed by atoms with Gasteiger partial charge in [0.15, 0.2) is 0 Å². The maximum atomic E-state index is 11.7. The normalized spacial score (nSPS) is 19.6. The van der Waals surface area contributed by atoms with E-state index >= 15 is 0 Å². The van der Waals surface area contributed by atoms with Gasteiger partial charge in [-0.2, -0.15) is 5.01 Å². The van der Waals surface area contributed by atoms with Crippen molar-refractivity contribution in [3.63, 3.8) is 0 Å². The smallest absolute Gasteiger partial charge is 0.343 e. The minimum atomic E-state index is -1.07. The highest BCUT2D eigenvalue weighted by atomic mass is 35.5. The van der Waals surface area contributed by atoms with Gasteiger partial charge in [-0.3, -0.25) is 0 Å². The lowest BCUT2D eigenvalue weighted by Gasteiger charge is -2.24. The summed E-state index contributed by atoms with van der Waals surface area (Å²) in [5, 5.41) is 12.0. The van der Waals surface area contributed by atoms with Crippen LogP contribution in [0.5, 0.6) is 0 Å². The summed E-state index contributed by atoms with van der Waals surface area (Å²) in [6, 6.07) is -1.56. The quantitative estimate of drug-likeness (QED) is 0.455. The Bertz CT molecular complexity index is 299. The fraction of sp³-hybridized carbons (Fsp3) is 0.750. The average molecular weight is 250 g/mol. The van der Waals surface area contributed by atoms with Crippen molar-refractivity contribution in [2.24, 2.45) is 5.29 Å². The number of hydrogen-bond acceptors (Lipinski definition) is 4. The van der Waals surface area contributed by atoms with Crippen LogP contribution >= 0.6 is 11.6 Å². The van der Waals surface area contributed by atoms with Crippen LogP contribution < -0.4 is 0 Å². The van der Waals surface area contributed by atoms with E-state index in [1.165, 1.54) is 0 Å². The van der Waals surface area contributed by atoms with Crippen LogP contribution in [0.1, 0.15) is 12.8 Å². The highest BCUT2D eigenvalue weighted by Crippen LogP contribution is 2.19. The van der Waals surface area contributed by atoms with E-state index in [1.54, 1.807) is 0 Å². The first kappa shape index (κ1) is 12.7. The number of amides is 2. The van der Waals surface area contributed by atoms with Crippen LogP contribution in [0.25, 0.3) is 0 Å². The summed E-state index contributed by atoms with van der Waals surface area (Å²) in [6.45, 7) is 0.302. The standard InChI is InChI=1S/C8H12ClN3O4/c9-3-5-12(10-16)8(15)11-4-1-2-6(11)7(13)14/h6H,1-5H2,(H,13,14). The van der Waals surface area contributed by atoms with Crippen LogP contribution in [0.4, 0.5) is 4.79 Å². The number of halogens is 1. The van der Waals surface area contributed by atoms with E-state index in [9.17, 15) is 14.5 Å². The van der Waals surface area contributed by atoms with Gasteiger partial charge in [-0.1, -0.05) is 0 Å². The molecule has 0 aromatic rings. The second-order valence-corrected chi connectivity index (χ2v) is 3.74. The number of likely N-dealkylation sites (tertiary alicyclic amines) is 1. The number of aliphatic carboxylic acids is 1. The van der Waals surface area contributed by atoms with Gasteiger partial charge >= 0.3 is 12.0 Å². The van der Waals surface area contributed by atoms with E-state index in [0.717, 1.165) is 4.90 Å². The molecule has 0 aliphatic carbocycles. The molecule has 0 spiro atoms. The fourth-order valence-electron chi connectivity index (χ4n) is 1.65. The fourth-order valence-corrected chi connectivity index (χ4v) is 1.81. The van der Waals surface area contributed by atoms with Crippen LogP contribution in [-0.2, 0) is 4.79 Å². The molecule has 1 fully saturated rings. The monoisotopic (exact) mass is 249 g/mol. The van der Waals surface area contributed by atoms with E-state index in [2.05, 4.69) is 5.29 Å². The molecule has 0 radical (unpaired) electrons. The second kappa shape index (κ2) is 5.64. The number of carbonyl (C=O) groups excluding carboxylic acids is 1. The molecule has 90 valence electrons. The molecule has 1 aliphatic rings. The van der Waals surface area contributed by atoms with E-state index in [1.807, 2.05) is 0 Å². The number of alkyl halides is 1. The van der Waals surface area contributed by atoms with Crippen LogP contribution in [0.2, 0.25) is 0 Å². The van der Waals surface area contributed by atoms with Crippen molar-refractivity contribution < 1.29 is 14.7 Å². The molecule has 1 atom stereocenters. The summed E-state index contributed by atoms with van der Waals surface area (Å²) in [6.07, 6.45) is 1.00. The molecule has 0 aromatic heterocycles. The summed E-state index contributed by atoms with van der Waals surface area (Å²) in [7, 11) is 0. The summed E-state index contributed by atoms with van der Waals surface area (Å²) < 4.78 is 0. The SMILES string of the molecule is O=NN(CCCl)C(=O)N1CCCC1C(=O)O. The first-order chi connectivity index (χ1) is 7.61. The van der Waals surface area contributed by atoms with Gasteiger partial charge in [-0.25, -0.2) is 9.59 Å². The Labute approximate surface area is 96.9 Å². The first-order valence-electron chi connectivity index (χ1n) is 4.82. The minimum Gasteiger partial charge on any atom is -0.480 e. The summed E-state index contributed by atoms with van der Waals surface area (Å²) >= 11 is 5.40. The lowest BCUT2D eigenvalue weighted by Crippen LogP contribution is -2.46. The predicted molar refractivity (Wildman–Crippen MR) is 56.0 cm³/mol. The number of rotatable bonds is 4. The molecular weight excluding hydrogens is 238 g/mol. The lowest BCUT2D eigenvalue weighted by molar-refractivity contribution is -0.141. The molecule has 7 nitrogen and oxygen atoms in total. The van der Waals surface area contributed by atoms with Crippen molar-refractivity contribution in [3.8, 4) is 0 Å². The number of urea groups is 1. The number of carboxylic acid groups (broad SMARTS) is 1. The topological polar surface area (TPSA) is 90.3 Å². The zero-order chi connectivity index (χ0) is 12.1. The summed E-state index contributed by atoms with van der Waals surface area (Å²) in [5.74, 6) is -0.995. The Morgan fingerprint density at radius 1 is 1.56 bits per heavy atom. The number of hydrogen-bond donors (Lipinski definition) is 1. The molecule has 1 N–H and O–H groups in total. The van der Waals surface area contributed by atoms with Gasteiger partial charge in [0, 0.05) is 12.4 Å². The number of carbonyl (C=O) groups is 2. The van der Waals surface area contributed by atoms with Crippen molar-refractivity contribution >= 4 is 23.6 Å². The highest BCUT2D eigenvalue weighted by Gasteiger charge is 2.36. The van der Waals surface area contributed by atoms with Gasteiger partial charge < -0.3 is 10.0 Å². The van der Waals surface area contributed by atoms with Crippen LogP contribution in [0, 0.1) is 4.91 Å². The van der Waals surface area contributed by atoms with Crippen LogP contribution in [0.3, 0.4) is 0 Å². The third-order valence-corrected chi connectivity index (χ3v) is 2.57. The zero-order valence-electron chi connectivity index (χ0n) is 8.50. The van der Waals surface area contributed by atoms with Gasteiger partial charge in [0.05, 0.1) is 11.8 Å². The maximum Gasteiger partial charge on any atom is 0.343 e. The van der Waals surface area contributed by atoms with Crippen molar-refractivity contribution in [1.29, 1.82) is 0 Å². The van der Waals surface area contributed by atoms with E-state index < -0.39 is 18.0 Å². The van der Waals surface area contributed by atoms with Crippen LogP contribution in [0.15, 0.2) is 5.29 Å². The van der Waals surface area contributed by atoms with Gasteiger partial charge in [-0.15, -0.1) is 16.5 Å². The number of carboxylic acids is 1. The third kappa shape index (κ3) is 2.60.